The van der Waals surface area contributed by atoms with E-state index in [1.165, 1.54) is 6.21 Å². The van der Waals surface area contributed by atoms with Gasteiger partial charge in [0.05, 0.1) is 13.3 Å². The summed E-state index contributed by atoms with van der Waals surface area (Å²) < 4.78 is 5.10. The lowest BCUT2D eigenvalue weighted by Gasteiger charge is -1.98. The molecule has 2 N–H and O–H groups in total. The third kappa shape index (κ3) is 1.31. The van der Waals surface area contributed by atoms with Crippen LogP contribution >= 0.6 is 0 Å². The largest absolute Gasteiger partial charge is 0.497 e. The van der Waals surface area contributed by atoms with Crippen LogP contribution in [0.1, 0.15) is 5.56 Å². The number of hydrogen-bond donors (Lipinski definition) is 2. The van der Waals surface area contributed by atoms with E-state index >= 15 is 0 Å². The van der Waals surface area contributed by atoms with Gasteiger partial charge in [-0.3, -0.25) is 0 Å². The molecule has 0 aliphatic rings. The Kier molecular flexibility index (Phi) is 2.10. The van der Waals surface area contributed by atoms with E-state index in [0.717, 1.165) is 22.2 Å². The number of nitrogens with one attached hydrogen (secondary N) is 1. The number of benzene rings is 1. The number of hydrogen-bond acceptors (Lipinski definition) is 3. The van der Waals surface area contributed by atoms with Crippen LogP contribution in [-0.4, -0.2) is 23.5 Å². The molecule has 4 heteroatoms. The summed E-state index contributed by atoms with van der Waals surface area (Å²) in [6.45, 7) is 0. The second kappa shape index (κ2) is 3.41. The number of methoxy groups -OCH3 is 1. The normalized spacial score (nSPS) is 11.2. The Balaban J connectivity index is 2.63. The van der Waals surface area contributed by atoms with Gasteiger partial charge in [0.15, 0.2) is 0 Å². The highest BCUT2D eigenvalue weighted by molar-refractivity contribution is 5.99. The molecule has 0 atom stereocenters. The smallest absolute Gasteiger partial charge is 0.119 e. The molecule has 0 aliphatic carbocycles. The molecule has 0 saturated heterocycles. The highest BCUT2D eigenvalue weighted by atomic mass is 16.5. The molecular formula is C10H10N2O2. The summed E-state index contributed by atoms with van der Waals surface area (Å²) in [6.07, 6.45) is 3.17. The van der Waals surface area contributed by atoms with Crippen molar-refractivity contribution in [2.24, 2.45) is 5.16 Å². The quantitative estimate of drug-likeness (QED) is 0.432. The zero-order valence-electron chi connectivity index (χ0n) is 7.69. The molecule has 2 aromatic rings. The van der Waals surface area contributed by atoms with E-state index in [0.29, 0.717) is 0 Å². The van der Waals surface area contributed by atoms with Gasteiger partial charge in [-0.15, -0.1) is 0 Å². The second-order valence-corrected chi connectivity index (χ2v) is 2.90. The Hall–Kier alpha value is -1.97. The minimum Gasteiger partial charge on any atom is -0.497 e. The Morgan fingerprint density at radius 1 is 1.50 bits per heavy atom. The lowest BCUT2D eigenvalue weighted by molar-refractivity contribution is 0.322. The van der Waals surface area contributed by atoms with Gasteiger partial charge in [-0.1, -0.05) is 5.16 Å². The van der Waals surface area contributed by atoms with Gasteiger partial charge in [-0.05, 0) is 18.2 Å². The van der Waals surface area contributed by atoms with Crippen LogP contribution in [0.5, 0.6) is 5.75 Å². The van der Waals surface area contributed by atoms with Crippen molar-refractivity contribution in [2.75, 3.05) is 7.11 Å². The molecule has 0 fully saturated rings. The van der Waals surface area contributed by atoms with E-state index in [1.807, 2.05) is 18.2 Å². The van der Waals surface area contributed by atoms with Crippen LogP contribution < -0.4 is 4.74 Å². The van der Waals surface area contributed by atoms with Gasteiger partial charge in [0.2, 0.25) is 0 Å². The molecule has 0 saturated carbocycles. The topological polar surface area (TPSA) is 57.6 Å². The first kappa shape index (κ1) is 8.62. The van der Waals surface area contributed by atoms with Crippen LogP contribution in [0.15, 0.2) is 29.6 Å². The SMILES string of the molecule is COc1ccc2[nH]cc(/C=N\O)c2c1. The molecule has 0 amide bonds. The van der Waals surface area contributed by atoms with Gasteiger partial charge >= 0.3 is 0 Å². The van der Waals surface area contributed by atoms with Crippen LogP contribution in [0.3, 0.4) is 0 Å². The Morgan fingerprint density at radius 2 is 2.36 bits per heavy atom. The lowest BCUT2D eigenvalue weighted by atomic mass is 10.2. The first-order valence-corrected chi connectivity index (χ1v) is 4.17. The van der Waals surface area contributed by atoms with Crippen LogP contribution in [0.25, 0.3) is 10.9 Å². The van der Waals surface area contributed by atoms with E-state index in [9.17, 15) is 0 Å². The summed E-state index contributed by atoms with van der Waals surface area (Å²) in [6, 6.07) is 5.68. The maximum atomic E-state index is 8.45. The van der Waals surface area contributed by atoms with Crippen molar-refractivity contribution in [3.05, 3.63) is 30.0 Å². The zero-order chi connectivity index (χ0) is 9.97. The molecule has 0 unspecified atom stereocenters. The maximum absolute atomic E-state index is 8.45. The third-order valence-corrected chi connectivity index (χ3v) is 2.12. The second-order valence-electron chi connectivity index (χ2n) is 2.90. The van der Waals surface area contributed by atoms with E-state index in [-0.39, 0.29) is 0 Å². The Bertz CT molecular complexity index is 474. The fourth-order valence-corrected chi connectivity index (χ4v) is 1.42. The summed E-state index contributed by atoms with van der Waals surface area (Å²) in [5.41, 5.74) is 1.82. The number of H-pyrrole nitrogens is 1. The summed E-state index contributed by atoms with van der Waals surface area (Å²) >= 11 is 0. The minimum absolute atomic E-state index is 0.782. The minimum atomic E-state index is 0.782. The number of aromatic nitrogens is 1. The Labute approximate surface area is 80.8 Å². The molecule has 1 aromatic heterocycles. The molecular weight excluding hydrogens is 180 g/mol. The van der Waals surface area contributed by atoms with E-state index < -0.39 is 0 Å². The molecule has 2 rings (SSSR count). The van der Waals surface area contributed by atoms with Crippen molar-refractivity contribution >= 4 is 17.1 Å². The lowest BCUT2D eigenvalue weighted by Crippen LogP contribution is -1.82. The van der Waals surface area contributed by atoms with E-state index in [4.69, 9.17) is 9.94 Å². The fourth-order valence-electron chi connectivity index (χ4n) is 1.42. The van der Waals surface area contributed by atoms with Crippen molar-refractivity contribution in [3.8, 4) is 5.75 Å². The van der Waals surface area contributed by atoms with Crippen molar-refractivity contribution in [3.63, 3.8) is 0 Å². The standard InChI is InChI=1S/C10H10N2O2/c1-14-8-2-3-10-9(4-8)7(5-11-10)6-12-13/h2-6,11,13H,1H3/b12-6-. The molecule has 0 spiro atoms. The molecule has 4 nitrogen and oxygen atoms in total. The number of aromatic amines is 1. The molecule has 14 heavy (non-hydrogen) atoms. The Morgan fingerprint density at radius 3 is 3.07 bits per heavy atom. The highest BCUT2D eigenvalue weighted by Gasteiger charge is 2.02. The maximum Gasteiger partial charge on any atom is 0.119 e. The molecule has 1 aromatic carbocycles. The van der Waals surface area contributed by atoms with Crippen molar-refractivity contribution in [2.45, 2.75) is 0 Å². The van der Waals surface area contributed by atoms with Crippen molar-refractivity contribution in [1.29, 1.82) is 0 Å². The van der Waals surface area contributed by atoms with Gasteiger partial charge in [-0.25, -0.2) is 0 Å². The third-order valence-electron chi connectivity index (χ3n) is 2.12. The van der Waals surface area contributed by atoms with Gasteiger partial charge in [0, 0.05) is 22.7 Å². The first-order valence-electron chi connectivity index (χ1n) is 4.17. The van der Waals surface area contributed by atoms with Crippen molar-refractivity contribution in [1.82, 2.24) is 4.98 Å². The summed E-state index contributed by atoms with van der Waals surface area (Å²) in [7, 11) is 1.62. The number of oxime groups is 1. The monoisotopic (exact) mass is 190 g/mol. The van der Waals surface area contributed by atoms with Crippen LogP contribution in [0, 0.1) is 0 Å². The van der Waals surface area contributed by atoms with Gasteiger partial charge < -0.3 is 14.9 Å². The van der Waals surface area contributed by atoms with Gasteiger partial charge in [-0.2, -0.15) is 0 Å². The number of ether oxygens (including phenoxy) is 1. The molecule has 72 valence electrons. The number of nitrogens with zero attached hydrogens (tertiary/aromatic N) is 1. The number of fused-ring (bicyclic) bond motifs is 1. The van der Waals surface area contributed by atoms with Gasteiger partial charge in [0.1, 0.15) is 5.75 Å². The first-order chi connectivity index (χ1) is 6.85. The van der Waals surface area contributed by atoms with E-state index in [2.05, 4.69) is 10.1 Å². The van der Waals surface area contributed by atoms with Crippen molar-refractivity contribution < 1.29 is 9.94 Å². The van der Waals surface area contributed by atoms with Crippen LogP contribution in [-0.2, 0) is 0 Å². The highest BCUT2D eigenvalue weighted by Crippen LogP contribution is 2.22. The van der Waals surface area contributed by atoms with Gasteiger partial charge in [0.25, 0.3) is 0 Å². The predicted octanol–water partition coefficient (Wildman–Crippen LogP) is 1.98. The van der Waals surface area contributed by atoms with Crippen LogP contribution in [0.4, 0.5) is 0 Å². The summed E-state index contributed by atoms with van der Waals surface area (Å²) in [5.74, 6) is 0.782. The predicted molar refractivity (Wildman–Crippen MR) is 54.2 cm³/mol. The fraction of sp³-hybridized carbons (Fsp3) is 0.100. The summed E-state index contributed by atoms with van der Waals surface area (Å²) in [5, 5.41) is 12.4. The zero-order valence-corrected chi connectivity index (χ0v) is 7.69. The average molecular weight is 190 g/mol. The average Bonchev–Trinajstić information content (AvgIpc) is 2.61. The number of rotatable bonds is 2. The molecule has 0 radical (unpaired) electrons. The van der Waals surface area contributed by atoms with E-state index in [1.54, 1.807) is 13.3 Å². The summed E-state index contributed by atoms with van der Waals surface area (Å²) in [4.78, 5) is 3.07. The van der Waals surface area contributed by atoms with Crippen LogP contribution in [0.2, 0.25) is 0 Å². The molecule has 0 bridgehead atoms. The molecule has 0 aliphatic heterocycles. The molecule has 1 heterocycles.